The van der Waals surface area contributed by atoms with Gasteiger partial charge in [-0.15, -0.1) is 0 Å². The molecule has 2 amide bonds. The number of ether oxygens (including phenoxy) is 1. The van der Waals surface area contributed by atoms with Gasteiger partial charge in [0.25, 0.3) is 5.91 Å². The van der Waals surface area contributed by atoms with Gasteiger partial charge >= 0.3 is 12.1 Å². The van der Waals surface area contributed by atoms with Crippen molar-refractivity contribution in [2.75, 3.05) is 13.1 Å². The summed E-state index contributed by atoms with van der Waals surface area (Å²) in [6.07, 6.45) is 1.72. The van der Waals surface area contributed by atoms with E-state index < -0.39 is 29.1 Å². The summed E-state index contributed by atoms with van der Waals surface area (Å²) in [5.74, 6) is -1.75. The predicted molar refractivity (Wildman–Crippen MR) is 87.3 cm³/mol. The van der Waals surface area contributed by atoms with Gasteiger partial charge in [0.05, 0.1) is 18.9 Å². The minimum absolute atomic E-state index is 0.00552. The molecule has 2 rings (SSSR count). The van der Waals surface area contributed by atoms with Crippen molar-refractivity contribution in [3.63, 3.8) is 0 Å². The van der Waals surface area contributed by atoms with Gasteiger partial charge in [0.2, 0.25) is 0 Å². The topological polar surface area (TPSA) is 122 Å². The zero-order valence-electron chi connectivity index (χ0n) is 14.1. The minimum atomic E-state index is -1.62. The van der Waals surface area contributed by atoms with Crippen LogP contribution < -0.4 is 5.32 Å². The summed E-state index contributed by atoms with van der Waals surface area (Å²) >= 11 is 5.72. The highest BCUT2D eigenvalue weighted by Crippen LogP contribution is 2.24. The number of carboxylic acids is 1. The summed E-state index contributed by atoms with van der Waals surface area (Å²) in [7, 11) is 0. The standard InChI is InChI=1S/C15H19ClN4O5/c1-14(2,3)25-13(24)19-15(12(22)23)4-5-20(8-15)11(21)9-6-17-7-10(16)18-9/h6-7H,4-5,8H2,1-3H3,(H,19,24)(H,22,23). The molecule has 9 nitrogen and oxygen atoms in total. The third-order valence-electron chi connectivity index (χ3n) is 3.53. The Bertz CT molecular complexity index is 705. The summed E-state index contributed by atoms with van der Waals surface area (Å²) < 4.78 is 5.11. The normalized spacial score (nSPS) is 20.2. The molecule has 1 fully saturated rings. The number of aromatic nitrogens is 2. The van der Waals surface area contributed by atoms with E-state index >= 15 is 0 Å². The Hall–Kier alpha value is -2.42. The number of aliphatic carboxylic acids is 1. The first-order valence-electron chi connectivity index (χ1n) is 7.54. The number of halogens is 1. The molecule has 0 bridgehead atoms. The highest BCUT2D eigenvalue weighted by molar-refractivity contribution is 6.29. The lowest BCUT2D eigenvalue weighted by Gasteiger charge is -2.28. The zero-order chi connectivity index (χ0) is 18.8. The van der Waals surface area contributed by atoms with Gasteiger partial charge in [-0.3, -0.25) is 9.78 Å². The van der Waals surface area contributed by atoms with Crippen molar-refractivity contribution < 1.29 is 24.2 Å². The number of carboxylic acid groups (broad SMARTS) is 1. The number of amides is 2. The van der Waals surface area contributed by atoms with E-state index in [2.05, 4.69) is 15.3 Å². The molecule has 1 saturated heterocycles. The van der Waals surface area contributed by atoms with Crippen LogP contribution in [0.1, 0.15) is 37.7 Å². The molecule has 1 aromatic rings. The Morgan fingerprint density at radius 2 is 2.04 bits per heavy atom. The maximum atomic E-state index is 12.5. The zero-order valence-corrected chi connectivity index (χ0v) is 14.8. The number of nitrogens with one attached hydrogen (secondary N) is 1. The van der Waals surface area contributed by atoms with Crippen molar-refractivity contribution in [1.82, 2.24) is 20.2 Å². The third kappa shape index (κ3) is 4.56. The van der Waals surface area contributed by atoms with Crippen LogP contribution in [0.2, 0.25) is 5.15 Å². The number of alkyl carbamates (subject to hydrolysis) is 1. The van der Waals surface area contributed by atoms with Gasteiger partial charge in [0.15, 0.2) is 5.54 Å². The molecule has 1 aliphatic heterocycles. The van der Waals surface area contributed by atoms with Crippen LogP contribution in [0, 0.1) is 0 Å². The number of nitrogens with zero attached hydrogens (tertiary/aromatic N) is 3. The Labute approximate surface area is 149 Å². The fraction of sp³-hybridized carbons (Fsp3) is 0.533. The van der Waals surface area contributed by atoms with Crippen molar-refractivity contribution in [2.45, 2.75) is 38.3 Å². The highest BCUT2D eigenvalue weighted by atomic mass is 35.5. The quantitative estimate of drug-likeness (QED) is 0.822. The number of rotatable bonds is 3. The fourth-order valence-corrected chi connectivity index (χ4v) is 2.57. The lowest BCUT2D eigenvalue weighted by molar-refractivity contribution is -0.144. The van der Waals surface area contributed by atoms with Crippen LogP contribution >= 0.6 is 11.6 Å². The molecule has 1 unspecified atom stereocenters. The predicted octanol–water partition coefficient (Wildman–Crippen LogP) is 1.32. The summed E-state index contributed by atoms with van der Waals surface area (Å²) in [6, 6.07) is 0. The number of likely N-dealkylation sites (tertiary alicyclic amines) is 1. The lowest BCUT2D eigenvalue weighted by Crippen LogP contribution is -2.57. The molecule has 0 aliphatic carbocycles. The van der Waals surface area contributed by atoms with Crippen molar-refractivity contribution >= 4 is 29.6 Å². The second-order valence-electron chi connectivity index (χ2n) is 6.72. The van der Waals surface area contributed by atoms with Crippen LogP contribution in [0.5, 0.6) is 0 Å². The fourth-order valence-electron chi connectivity index (χ4n) is 2.42. The first-order valence-corrected chi connectivity index (χ1v) is 7.92. The molecule has 25 heavy (non-hydrogen) atoms. The number of hydrogen-bond donors (Lipinski definition) is 2. The molecule has 2 N–H and O–H groups in total. The summed E-state index contributed by atoms with van der Waals surface area (Å²) in [6.45, 7) is 4.93. The largest absolute Gasteiger partial charge is 0.479 e. The average Bonchev–Trinajstić information content (AvgIpc) is 2.89. The Balaban J connectivity index is 2.14. The van der Waals surface area contributed by atoms with E-state index in [-0.39, 0.29) is 30.4 Å². The van der Waals surface area contributed by atoms with Crippen LogP contribution in [-0.4, -0.2) is 62.2 Å². The van der Waals surface area contributed by atoms with E-state index in [9.17, 15) is 19.5 Å². The smallest absolute Gasteiger partial charge is 0.408 e. The maximum Gasteiger partial charge on any atom is 0.408 e. The van der Waals surface area contributed by atoms with Crippen molar-refractivity contribution in [3.05, 3.63) is 23.2 Å². The Morgan fingerprint density at radius 1 is 1.36 bits per heavy atom. The van der Waals surface area contributed by atoms with Crippen molar-refractivity contribution in [3.8, 4) is 0 Å². The average molecular weight is 371 g/mol. The van der Waals surface area contributed by atoms with E-state index in [0.29, 0.717) is 0 Å². The Kier molecular flexibility index (Phi) is 5.17. The van der Waals surface area contributed by atoms with Gasteiger partial charge in [0.1, 0.15) is 16.4 Å². The van der Waals surface area contributed by atoms with E-state index in [0.717, 1.165) is 0 Å². The van der Waals surface area contributed by atoms with E-state index in [1.807, 2.05) is 0 Å². The van der Waals surface area contributed by atoms with E-state index in [4.69, 9.17) is 16.3 Å². The number of hydrogen-bond acceptors (Lipinski definition) is 6. The van der Waals surface area contributed by atoms with Gasteiger partial charge in [-0.05, 0) is 20.8 Å². The molecule has 0 aromatic carbocycles. The van der Waals surface area contributed by atoms with Gasteiger partial charge in [-0.2, -0.15) is 0 Å². The van der Waals surface area contributed by atoms with Crippen LogP contribution in [-0.2, 0) is 9.53 Å². The maximum absolute atomic E-state index is 12.5. The SMILES string of the molecule is CC(C)(C)OC(=O)NC1(C(=O)O)CCN(C(=O)c2cncc(Cl)n2)C1. The second-order valence-corrected chi connectivity index (χ2v) is 7.11. The van der Waals surface area contributed by atoms with Crippen LogP contribution in [0.25, 0.3) is 0 Å². The third-order valence-corrected chi connectivity index (χ3v) is 3.71. The first kappa shape index (κ1) is 18.9. The molecule has 0 spiro atoms. The van der Waals surface area contributed by atoms with Crippen molar-refractivity contribution in [2.24, 2.45) is 0 Å². The lowest BCUT2D eigenvalue weighted by atomic mass is 9.99. The molecule has 0 radical (unpaired) electrons. The number of carbonyl (C=O) groups is 3. The van der Waals surface area contributed by atoms with Gasteiger partial charge in [0, 0.05) is 13.0 Å². The van der Waals surface area contributed by atoms with Gasteiger partial charge < -0.3 is 20.1 Å². The summed E-state index contributed by atoms with van der Waals surface area (Å²) in [5, 5.41) is 12.0. The van der Waals surface area contributed by atoms with Crippen LogP contribution in [0.3, 0.4) is 0 Å². The van der Waals surface area contributed by atoms with Gasteiger partial charge in [-0.1, -0.05) is 11.6 Å². The Morgan fingerprint density at radius 3 is 2.60 bits per heavy atom. The molecule has 10 heteroatoms. The monoisotopic (exact) mass is 370 g/mol. The molecule has 0 saturated carbocycles. The van der Waals surface area contributed by atoms with Crippen molar-refractivity contribution in [1.29, 1.82) is 0 Å². The minimum Gasteiger partial charge on any atom is -0.479 e. The number of carbonyl (C=O) groups excluding carboxylic acids is 2. The summed E-state index contributed by atoms with van der Waals surface area (Å²) in [4.78, 5) is 45.1. The van der Waals surface area contributed by atoms with Gasteiger partial charge in [-0.25, -0.2) is 14.6 Å². The first-order chi connectivity index (χ1) is 11.5. The molecule has 2 heterocycles. The molecule has 136 valence electrons. The second kappa shape index (κ2) is 6.83. The summed E-state index contributed by atoms with van der Waals surface area (Å²) in [5.41, 5.74) is -2.39. The van der Waals surface area contributed by atoms with E-state index in [1.54, 1.807) is 20.8 Å². The molecular weight excluding hydrogens is 352 g/mol. The molecule has 1 atom stereocenters. The highest BCUT2D eigenvalue weighted by Gasteiger charge is 2.48. The van der Waals surface area contributed by atoms with Crippen LogP contribution in [0.4, 0.5) is 4.79 Å². The van der Waals surface area contributed by atoms with E-state index in [1.165, 1.54) is 17.3 Å². The molecular formula is C15H19ClN4O5. The molecule has 1 aromatic heterocycles. The van der Waals surface area contributed by atoms with Crippen LogP contribution in [0.15, 0.2) is 12.4 Å². The molecule has 1 aliphatic rings.